The van der Waals surface area contributed by atoms with Gasteiger partial charge in [-0.3, -0.25) is 0 Å². The number of halogens is 3. The van der Waals surface area contributed by atoms with E-state index in [1.165, 1.54) is 12.1 Å². The normalized spacial score (nSPS) is 11.2. The molecule has 0 saturated heterocycles. The molecule has 0 radical (unpaired) electrons. The van der Waals surface area contributed by atoms with Crippen LogP contribution in [0.25, 0.3) is 11.6 Å². The molecule has 0 aliphatic rings. The van der Waals surface area contributed by atoms with Crippen LogP contribution in [0.15, 0.2) is 54.6 Å². The minimum Gasteiger partial charge on any atom is -0.488 e. The van der Waals surface area contributed by atoms with E-state index in [1.807, 2.05) is 32.0 Å². The highest BCUT2D eigenvalue weighted by Gasteiger charge is 2.09. The average molecular weight is 426 g/mol. The zero-order valence-electron chi connectivity index (χ0n) is 16.0. The summed E-state index contributed by atoms with van der Waals surface area (Å²) in [5.41, 5.74) is 4.74. The first-order chi connectivity index (χ1) is 13.9. The Labute approximate surface area is 179 Å². The van der Waals surface area contributed by atoms with Crippen LogP contribution in [-0.2, 0) is 6.61 Å². The van der Waals surface area contributed by atoms with Gasteiger partial charge in [0.25, 0.3) is 0 Å². The first-order valence-corrected chi connectivity index (χ1v) is 9.68. The summed E-state index contributed by atoms with van der Waals surface area (Å²) >= 11 is 12.2. The Bertz CT molecular complexity index is 1090. The van der Waals surface area contributed by atoms with Crippen molar-refractivity contribution in [1.82, 2.24) is 0 Å². The van der Waals surface area contributed by atoms with Gasteiger partial charge >= 0.3 is 0 Å². The van der Waals surface area contributed by atoms with E-state index in [0.29, 0.717) is 27.8 Å². The molecule has 0 unspecified atom stereocenters. The third-order valence-electron chi connectivity index (χ3n) is 4.46. The van der Waals surface area contributed by atoms with Gasteiger partial charge in [0.2, 0.25) is 0 Å². The maximum Gasteiger partial charge on any atom is 0.125 e. The first-order valence-electron chi connectivity index (χ1n) is 8.93. The van der Waals surface area contributed by atoms with Gasteiger partial charge in [-0.1, -0.05) is 41.4 Å². The maximum atomic E-state index is 13.1. The number of benzene rings is 3. The second-order valence-electron chi connectivity index (χ2n) is 6.68. The van der Waals surface area contributed by atoms with E-state index in [0.717, 1.165) is 28.0 Å². The maximum absolute atomic E-state index is 13.1. The van der Waals surface area contributed by atoms with Gasteiger partial charge in [0, 0.05) is 15.6 Å². The van der Waals surface area contributed by atoms with Crippen LogP contribution < -0.4 is 4.74 Å². The number of nitriles is 1. The molecule has 5 heteroatoms. The van der Waals surface area contributed by atoms with Crippen LogP contribution in [0.5, 0.6) is 5.75 Å². The van der Waals surface area contributed by atoms with Crippen LogP contribution in [0.4, 0.5) is 4.39 Å². The summed E-state index contributed by atoms with van der Waals surface area (Å²) in [6.45, 7) is 4.23. The smallest absolute Gasteiger partial charge is 0.125 e. The minimum absolute atomic E-state index is 0.325. The largest absolute Gasteiger partial charge is 0.488 e. The number of allylic oxidation sites excluding steroid dienone is 1. The van der Waals surface area contributed by atoms with E-state index in [9.17, 15) is 9.65 Å². The van der Waals surface area contributed by atoms with Crippen LogP contribution in [0.3, 0.4) is 0 Å². The van der Waals surface area contributed by atoms with E-state index in [2.05, 4.69) is 6.07 Å². The second-order valence-corrected chi connectivity index (χ2v) is 7.53. The van der Waals surface area contributed by atoms with Crippen molar-refractivity contribution in [1.29, 1.82) is 5.26 Å². The molecular weight excluding hydrogens is 408 g/mol. The Hall–Kier alpha value is -2.80. The molecule has 0 fully saturated rings. The van der Waals surface area contributed by atoms with E-state index >= 15 is 0 Å². The summed E-state index contributed by atoms with van der Waals surface area (Å²) < 4.78 is 19.1. The van der Waals surface area contributed by atoms with E-state index in [-0.39, 0.29) is 5.82 Å². The summed E-state index contributed by atoms with van der Waals surface area (Å²) in [5.74, 6) is 0.438. The van der Waals surface area contributed by atoms with Crippen LogP contribution in [0.1, 0.15) is 27.8 Å². The monoisotopic (exact) mass is 425 g/mol. The number of rotatable bonds is 5. The fourth-order valence-electron chi connectivity index (χ4n) is 3.06. The summed E-state index contributed by atoms with van der Waals surface area (Å²) in [7, 11) is 0. The summed E-state index contributed by atoms with van der Waals surface area (Å²) in [4.78, 5) is 0. The molecule has 2 nitrogen and oxygen atoms in total. The van der Waals surface area contributed by atoms with Crippen molar-refractivity contribution in [2.24, 2.45) is 0 Å². The molecule has 0 bridgehead atoms. The molecule has 0 spiro atoms. The minimum atomic E-state index is -0.333. The molecule has 146 valence electrons. The number of nitrogens with zero attached hydrogens (tertiary/aromatic N) is 1. The first kappa shape index (κ1) is 20.9. The number of hydrogen-bond donors (Lipinski definition) is 0. The van der Waals surface area contributed by atoms with Crippen molar-refractivity contribution < 1.29 is 9.13 Å². The zero-order chi connectivity index (χ0) is 21.0. The molecule has 0 aromatic heterocycles. The summed E-state index contributed by atoms with van der Waals surface area (Å²) in [6, 6.07) is 17.3. The zero-order valence-corrected chi connectivity index (χ0v) is 17.5. The molecule has 0 heterocycles. The van der Waals surface area contributed by atoms with Gasteiger partial charge in [-0.05, 0) is 78.6 Å². The predicted octanol–water partition coefficient (Wildman–Crippen LogP) is 7.39. The number of ether oxygens (including phenoxy) is 1. The number of aryl methyl sites for hydroxylation is 2. The predicted molar refractivity (Wildman–Crippen MR) is 117 cm³/mol. The van der Waals surface area contributed by atoms with E-state index < -0.39 is 0 Å². The molecule has 3 aromatic rings. The van der Waals surface area contributed by atoms with Crippen LogP contribution in [0.2, 0.25) is 10.0 Å². The van der Waals surface area contributed by atoms with Crippen molar-refractivity contribution in [3.05, 3.63) is 98.3 Å². The van der Waals surface area contributed by atoms with Crippen LogP contribution >= 0.6 is 23.2 Å². The molecule has 0 saturated carbocycles. The highest BCUT2D eigenvalue weighted by molar-refractivity contribution is 6.35. The lowest BCUT2D eigenvalue weighted by atomic mass is 10.0. The molecule has 0 aliphatic heterocycles. The van der Waals surface area contributed by atoms with E-state index in [1.54, 1.807) is 30.3 Å². The Balaban J connectivity index is 1.85. The molecule has 0 atom stereocenters. The van der Waals surface area contributed by atoms with Gasteiger partial charge < -0.3 is 4.74 Å². The van der Waals surface area contributed by atoms with E-state index in [4.69, 9.17) is 27.9 Å². The molecular formula is C24H18Cl2FNO. The van der Waals surface area contributed by atoms with Crippen LogP contribution in [-0.4, -0.2) is 0 Å². The lowest BCUT2D eigenvalue weighted by Crippen LogP contribution is -2.00. The molecule has 3 rings (SSSR count). The lowest BCUT2D eigenvalue weighted by molar-refractivity contribution is 0.302. The molecule has 29 heavy (non-hydrogen) atoms. The quantitative estimate of drug-likeness (QED) is 0.315. The molecule has 0 amide bonds. The topological polar surface area (TPSA) is 33.0 Å². The van der Waals surface area contributed by atoms with Gasteiger partial charge in [-0.25, -0.2) is 4.39 Å². The lowest BCUT2D eigenvalue weighted by Gasteiger charge is -2.14. The van der Waals surface area contributed by atoms with Crippen molar-refractivity contribution in [3.8, 4) is 11.8 Å². The average Bonchev–Trinajstić information content (AvgIpc) is 2.67. The fraction of sp³-hybridized carbons (Fsp3) is 0.125. The third-order valence-corrected chi connectivity index (χ3v) is 5.04. The van der Waals surface area contributed by atoms with Gasteiger partial charge in [0.05, 0.1) is 11.6 Å². The Morgan fingerprint density at radius 1 is 1.03 bits per heavy atom. The summed E-state index contributed by atoms with van der Waals surface area (Å²) in [5, 5.41) is 10.6. The standard InChI is InChI=1S/C24H18Cl2FNO/c1-15-9-17(11-20(13-28)18-4-7-22(27)8-5-18)10-16(2)24(15)29-14-19-3-6-21(25)12-23(19)26/h3-12H,14H2,1-2H3/b20-11+. The van der Waals surface area contributed by atoms with Crippen molar-refractivity contribution >= 4 is 34.9 Å². The molecule has 0 N–H and O–H groups in total. The van der Waals surface area contributed by atoms with Crippen LogP contribution in [0, 0.1) is 31.0 Å². The number of hydrogen-bond acceptors (Lipinski definition) is 2. The van der Waals surface area contributed by atoms with Gasteiger partial charge in [0.15, 0.2) is 0 Å². The van der Waals surface area contributed by atoms with Crippen molar-refractivity contribution in [2.45, 2.75) is 20.5 Å². The highest BCUT2D eigenvalue weighted by Crippen LogP contribution is 2.29. The molecule has 3 aromatic carbocycles. The van der Waals surface area contributed by atoms with Gasteiger partial charge in [0.1, 0.15) is 18.2 Å². The Kier molecular flexibility index (Phi) is 6.59. The van der Waals surface area contributed by atoms with Crippen molar-refractivity contribution in [3.63, 3.8) is 0 Å². The SMILES string of the molecule is Cc1cc(/C=C(\C#N)c2ccc(F)cc2)cc(C)c1OCc1ccc(Cl)cc1Cl. The Morgan fingerprint density at radius 3 is 2.28 bits per heavy atom. The Morgan fingerprint density at radius 2 is 1.69 bits per heavy atom. The second kappa shape index (κ2) is 9.13. The summed E-state index contributed by atoms with van der Waals surface area (Å²) in [6.07, 6.45) is 1.78. The highest BCUT2D eigenvalue weighted by atomic mass is 35.5. The third kappa shape index (κ3) is 5.17. The molecule has 0 aliphatic carbocycles. The fourth-order valence-corrected chi connectivity index (χ4v) is 3.52. The van der Waals surface area contributed by atoms with Gasteiger partial charge in [-0.2, -0.15) is 5.26 Å². The van der Waals surface area contributed by atoms with Crippen molar-refractivity contribution in [2.75, 3.05) is 0 Å². The van der Waals surface area contributed by atoms with Gasteiger partial charge in [-0.15, -0.1) is 0 Å².